The van der Waals surface area contributed by atoms with Gasteiger partial charge in [-0.25, -0.2) is 0 Å². The number of aliphatic hydroxyl groups excluding tert-OH is 1. The molecule has 2 N–H and O–H groups in total. The van der Waals surface area contributed by atoms with E-state index in [1.54, 1.807) is 6.20 Å². The molecule has 1 aliphatic rings. The summed E-state index contributed by atoms with van der Waals surface area (Å²) in [6, 6.07) is 3.76. The topological polar surface area (TPSA) is 52.1 Å². The Balaban J connectivity index is 1.72. The molecule has 0 bridgehead atoms. The average molecular weight is 280 g/mol. The maximum atomic E-state index is 10.3. The number of hydrogen-bond acceptors (Lipinski definition) is 3. The average Bonchev–Trinajstić information content (AvgIpc) is 3.05. The molecule has 0 amide bonds. The summed E-state index contributed by atoms with van der Waals surface area (Å²) in [5, 5.41) is 18.8. The predicted octanol–water partition coefficient (Wildman–Crippen LogP) is 2.74. The van der Waals surface area contributed by atoms with Crippen molar-refractivity contribution in [3.8, 4) is 0 Å². The van der Waals surface area contributed by atoms with E-state index in [1.807, 2.05) is 12.1 Å². The molecule has 1 saturated heterocycles. The molecule has 5 heteroatoms. The van der Waals surface area contributed by atoms with Crippen LogP contribution < -0.4 is 0 Å². The molecule has 1 unspecified atom stereocenters. The molecule has 1 atom stereocenters. The van der Waals surface area contributed by atoms with Gasteiger partial charge in [0.25, 0.3) is 0 Å². The first kappa shape index (κ1) is 12.9. The summed E-state index contributed by atoms with van der Waals surface area (Å²) in [7, 11) is 0. The van der Waals surface area contributed by atoms with Crippen LogP contribution in [-0.2, 0) is 0 Å². The van der Waals surface area contributed by atoms with Crippen LogP contribution in [0.1, 0.15) is 30.9 Å². The molecule has 2 heterocycles. The summed E-state index contributed by atoms with van der Waals surface area (Å²) < 4.78 is 0. The molecule has 19 heavy (non-hydrogen) atoms. The Hall–Kier alpha value is -1.10. The highest BCUT2D eigenvalue weighted by Crippen LogP contribution is 2.29. The van der Waals surface area contributed by atoms with Crippen molar-refractivity contribution in [2.24, 2.45) is 0 Å². The Morgan fingerprint density at radius 3 is 2.95 bits per heavy atom. The normalized spacial score (nSPS) is 18.2. The molecule has 0 spiro atoms. The van der Waals surface area contributed by atoms with Crippen molar-refractivity contribution in [1.82, 2.24) is 15.1 Å². The van der Waals surface area contributed by atoms with E-state index >= 15 is 0 Å². The summed E-state index contributed by atoms with van der Waals surface area (Å²) in [5.41, 5.74) is 1.70. The van der Waals surface area contributed by atoms with E-state index in [9.17, 15) is 5.11 Å². The second-order valence-electron chi connectivity index (χ2n) is 5.18. The molecule has 0 aliphatic carbocycles. The van der Waals surface area contributed by atoms with Crippen molar-refractivity contribution in [2.45, 2.75) is 25.4 Å². The Morgan fingerprint density at radius 2 is 2.16 bits per heavy atom. The molecule has 4 nitrogen and oxygen atoms in total. The number of rotatable bonds is 4. The van der Waals surface area contributed by atoms with Crippen molar-refractivity contribution < 1.29 is 5.11 Å². The van der Waals surface area contributed by atoms with Gasteiger partial charge in [-0.05, 0) is 50.0 Å². The van der Waals surface area contributed by atoms with E-state index in [-0.39, 0.29) is 0 Å². The Morgan fingerprint density at radius 1 is 1.37 bits per heavy atom. The quantitative estimate of drug-likeness (QED) is 0.905. The van der Waals surface area contributed by atoms with Crippen molar-refractivity contribution >= 4 is 22.5 Å². The van der Waals surface area contributed by atoms with Crippen LogP contribution in [0.2, 0.25) is 5.02 Å². The molecule has 0 saturated carbocycles. The third-order valence-corrected chi connectivity index (χ3v) is 4.16. The molecule has 0 radical (unpaired) electrons. The third kappa shape index (κ3) is 2.76. The number of hydrogen-bond donors (Lipinski definition) is 2. The first-order valence-electron chi connectivity index (χ1n) is 6.77. The first-order chi connectivity index (χ1) is 9.24. The molecule has 1 aromatic heterocycles. The Labute approximate surface area is 117 Å². The first-order valence-corrected chi connectivity index (χ1v) is 7.15. The summed E-state index contributed by atoms with van der Waals surface area (Å²) >= 11 is 6.23. The maximum absolute atomic E-state index is 10.3. The fraction of sp³-hybridized carbons (Fsp3) is 0.500. The van der Waals surface area contributed by atoms with Crippen LogP contribution in [0.25, 0.3) is 10.9 Å². The Bertz CT molecular complexity index is 563. The number of likely N-dealkylation sites (tertiary alicyclic amines) is 1. The van der Waals surface area contributed by atoms with E-state index in [4.69, 9.17) is 11.6 Å². The van der Waals surface area contributed by atoms with Crippen molar-refractivity contribution in [2.75, 3.05) is 19.6 Å². The molecule has 2 aromatic rings. The van der Waals surface area contributed by atoms with E-state index in [0.717, 1.165) is 42.5 Å². The lowest BCUT2D eigenvalue weighted by Crippen LogP contribution is -2.22. The van der Waals surface area contributed by atoms with Crippen LogP contribution in [-0.4, -0.2) is 39.8 Å². The minimum atomic E-state index is -0.507. The fourth-order valence-electron chi connectivity index (χ4n) is 2.70. The van der Waals surface area contributed by atoms with Gasteiger partial charge in [0.2, 0.25) is 0 Å². The van der Waals surface area contributed by atoms with Gasteiger partial charge in [0.15, 0.2) is 0 Å². The Kier molecular flexibility index (Phi) is 3.73. The monoisotopic (exact) mass is 279 g/mol. The number of nitrogens with zero attached hydrogens (tertiary/aromatic N) is 2. The number of nitrogens with one attached hydrogen (secondary N) is 1. The van der Waals surface area contributed by atoms with Gasteiger partial charge in [-0.3, -0.25) is 5.10 Å². The van der Waals surface area contributed by atoms with Crippen LogP contribution in [0, 0.1) is 0 Å². The lowest BCUT2D eigenvalue weighted by atomic mass is 10.0. The summed E-state index contributed by atoms with van der Waals surface area (Å²) in [5.74, 6) is 0. The number of aromatic amines is 1. The smallest absolute Gasteiger partial charge is 0.0816 e. The van der Waals surface area contributed by atoms with E-state index in [0.29, 0.717) is 5.02 Å². The van der Waals surface area contributed by atoms with Gasteiger partial charge in [0.1, 0.15) is 0 Å². The summed E-state index contributed by atoms with van der Waals surface area (Å²) in [4.78, 5) is 2.40. The highest BCUT2D eigenvalue weighted by atomic mass is 35.5. The second kappa shape index (κ2) is 5.49. The molecular weight excluding hydrogens is 262 g/mol. The number of aliphatic hydroxyl groups is 1. The van der Waals surface area contributed by atoms with Gasteiger partial charge in [-0.15, -0.1) is 0 Å². The van der Waals surface area contributed by atoms with Gasteiger partial charge < -0.3 is 10.0 Å². The highest BCUT2D eigenvalue weighted by molar-refractivity contribution is 6.32. The highest BCUT2D eigenvalue weighted by Gasteiger charge is 2.17. The zero-order chi connectivity index (χ0) is 13.2. The van der Waals surface area contributed by atoms with Gasteiger partial charge in [0, 0.05) is 17.0 Å². The van der Waals surface area contributed by atoms with Gasteiger partial charge in [-0.1, -0.05) is 11.6 Å². The van der Waals surface area contributed by atoms with Crippen LogP contribution in [0.3, 0.4) is 0 Å². The fourth-order valence-corrected chi connectivity index (χ4v) is 2.99. The van der Waals surface area contributed by atoms with Gasteiger partial charge >= 0.3 is 0 Å². The number of benzene rings is 1. The zero-order valence-electron chi connectivity index (χ0n) is 10.8. The molecule has 1 aliphatic heterocycles. The van der Waals surface area contributed by atoms with E-state index in [1.165, 1.54) is 12.8 Å². The maximum Gasteiger partial charge on any atom is 0.0816 e. The number of halogens is 1. The van der Waals surface area contributed by atoms with E-state index in [2.05, 4.69) is 15.1 Å². The number of fused-ring (bicyclic) bond motifs is 1. The minimum absolute atomic E-state index is 0.507. The standard InChI is InChI=1S/C14H18ClN3O/c15-12-8-13-10(9-16-17-13)7-11(12)14(19)3-6-18-4-1-2-5-18/h7-9,14,19H,1-6H2,(H,16,17). The summed E-state index contributed by atoms with van der Waals surface area (Å²) in [6.45, 7) is 3.24. The van der Waals surface area contributed by atoms with Crippen molar-refractivity contribution in [1.29, 1.82) is 0 Å². The van der Waals surface area contributed by atoms with E-state index < -0.39 is 6.10 Å². The lowest BCUT2D eigenvalue weighted by molar-refractivity contribution is 0.149. The molecule has 1 aromatic carbocycles. The lowest BCUT2D eigenvalue weighted by Gasteiger charge is -2.18. The van der Waals surface area contributed by atoms with Gasteiger partial charge in [-0.2, -0.15) is 5.10 Å². The van der Waals surface area contributed by atoms with Crippen LogP contribution >= 0.6 is 11.6 Å². The van der Waals surface area contributed by atoms with Crippen LogP contribution in [0.15, 0.2) is 18.3 Å². The van der Waals surface area contributed by atoms with Gasteiger partial charge in [0.05, 0.1) is 17.8 Å². The number of H-pyrrole nitrogens is 1. The molecule has 102 valence electrons. The minimum Gasteiger partial charge on any atom is -0.388 e. The largest absolute Gasteiger partial charge is 0.388 e. The summed E-state index contributed by atoms with van der Waals surface area (Å²) in [6.07, 6.45) is 4.52. The van der Waals surface area contributed by atoms with Crippen molar-refractivity contribution in [3.05, 3.63) is 28.9 Å². The third-order valence-electron chi connectivity index (χ3n) is 3.83. The number of aromatic nitrogens is 2. The molecular formula is C14H18ClN3O. The zero-order valence-corrected chi connectivity index (χ0v) is 11.5. The van der Waals surface area contributed by atoms with Crippen LogP contribution in [0.4, 0.5) is 0 Å². The molecule has 3 rings (SSSR count). The van der Waals surface area contributed by atoms with Crippen molar-refractivity contribution in [3.63, 3.8) is 0 Å². The molecule has 1 fully saturated rings. The predicted molar refractivity (Wildman–Crippen MR) is 76.4 cm³/mol. The second-order valence-corrected chi connectivity index (χ2v) is 5.59. The SMILES string of the molecule is OC(CCN1CCCC1)c1cc2cn[nH]c2cc1Cl. The van der Waals surface area contributed by atoms with Crippen LogP contribution in [0.5, 0.6) is 0 Å².